The van der Waals surface area contributed by atoms with Gasteiger partial charge >= 0.3 is 0 Å². The molecular weight excluding hydrogens is 585 g/mol. The Bertz CT molecular complexity index is 2750. The number of aromatic nitrogens is 2. The van der Waals surface area contributed by atoms with E-state index in [0.717, 1.165) is 66.4 Å². The van der Waals surface area contributed by atoms with Crippen LogP contribution in [-0.2, 0) is 5.41 Å². The first-order chi connectivity index (χ1) is 23.5. The van der Waals surface area contributed by atoms with Gasteiger partial charge in [-0.15, -0.1) is 0 Å². The molecule has 0 saturated carbocycles. The second kappa shape index (κ2) is 9.97. The molecule has 0 unspecified atom stereocenters. The fourth-order valence-corrected chi connectivity index (χ4v) is 7.87. The van der Waals surface area contributed by atoms with E-state index in [2.05, 4.69) is 141 Å². The molecule has 2 aromatic heterocycles. The summed E-state index contributed by atoms with van der Waals surface area (Å²) in [6.45, 7) is 4.62. The molecular formula is C45H30N2O. The molecule has 9 aromatic rings. The van der Waals surface area contributed by atoms with Crippen LogP contribution in [0.15, 0.2) is 150 Å². The van der Waals surface area contributed by atoms with Gasteiger partial charge in [0, 0.05) is 38.1 Å². The number of furan rings is 1. The van der Waals surface area contributed by atoms with Crippen molar-refractivity contribution in [3.8, 4) is 44.9 Å². The molecule has 0 fully saturated rings. The van der Waals surface area contributed by atoms with Crippen molar-refractivity contribution in [3.05, 3.63) is 157 Å². The topological polar surface area (TPSA) is 38.9 Å². The highest BCUT2D eigenvalue weighted by molar-refractivity contribution is 6.17. The molecule has 0 aliphatic heterocycles. The molecule has 48 heavy (non-hydrogen) atoms. The molecule has 0 bridgehead atoms. The Kier molecular flexibility index (Phi) is 5.63. The van der Waals surface area contributed by atoms with Gasteiger partial charge in [0.1, 0.15) is 11.2 Å². The Morgan fingerprint density at radius 1 is 0.458 bits per heavy atom. The third-order valence-corrected chi connectivity index (χ3v) is 10.3. The molecule has 0 spiro atoms. The van der Waals surface area contributed by atoms with E-state index in [9.17, 15) is 0 Å². The van der Waals surface area contributed by atoms with Crippen molar-refractivity contribution in [1.82, 2.24) is 9.97 Å². The predicted molar refractivity (Wildman–Crippen MR) is 198 cm³/mol. The van der Waals surface area contributed by atoms with Crippen molar-refractivity contribution < 1.29 is 4.42 Å². The molecule has 1 aliphatic carbocycles. The van der Waals surface area contributed by atoms with Gasteiger partial charge in [0.25, 0.3) is 0 Å². The molecule has 1 aliphatic rings. The van der Waals surface area contributed by atoms with Gasteiger partial charge in [-0.25, -0.2) is 9.97 Å². The second-order valence-electron chi connectivity index (χ2n) is 13.4. The molecule has 2 heterocycles. The summed E-state index contributed by atoms with van der Waals surface area (Å²) >= 11 is 0. The number of fused-ring (bicyclic) bond motifs is 9. The van der Waals surface area contributed by atoms with Gasteiger partial charge in [0.2, 0.25) is 0 Å². The van der Waals surface area contributed by atoms with Crippen LogP contribution in [0.5, 0.6) is 0 Å². The predicted octanol–water partition coefficient (Wildman–Crippen LogP) is 12.0. The normalized spacial score (nSPS) is 13.4. The maximum Gasteiger partial charge on any atom is 0.160 e. The van der Waals surface area contributed by atoms with Crippen molar-refractivity contribution in [3.63, 3.8) is 0 Å². The minimum atomic E-state index is -0.0881. The summed E-state index contributed by atoms with van der Waals surface area (Å²) in [7, 11) is 0. The number of benzene rings is 7. The van der Waals surface area contributed by atoms with Crippen molar-refractivity contribution >= 4 is 43.6 Å². The van der Waals surface area contributed by atoms with Gasteiger partial charge < -0.3 is 4.42 Å². The maximum absolute atomic E-state index is 6.36. The molecule has 3 nitrogen and oxygen atoms in total. The standard InChI is InChI=1S/C45H30N2O/c1-45(2)38-15-6-3-10-32(38)33-23-22-29(26-39(33)45)44-46-40-16-7-4-12-37(40)42(47-44)28-20-18-27(19-21-28)30-13-9-14-35-31(30)24-25-36-34-11-5-8-17-41(34)48-43(35)36/h3-26H,1-2H3. The zero-order chi connectivity index (χ0) is 32.0. The number of nitrogens with zero attached hydrogens (tertiary/aromatic N) is 2. The lowest BCUT2D eigenvalue weighted by Gasteiger charge is -2.21. The van der Waals surface area contributed by atoms with Crippen LogP contribution < -0.4 is 0 Å². The highest BCUT2D eigenvalue weighted by atomic mass is 16.3. The number of rotatable bonds is 3. The summed E-state index contributed by atoms with van der Waals surface area (Å²) in [6.07, 6.45) is 0. The zero-order valence-electron chi connectivity index (χ0n) is 26.7. The Morgan fingerprint density at radius 2 is 1.10 bits per heavy atom. The van der Waals surface area contributed by atoms with Gasteiger partial charge in [0.05, 0.1) is 11.2 Å². The Hall–Kier alpha value is -6.06. The quantitative estimate of drug-likeness (QED) is 0.199. The van der Waals surface area contributed by atoms with Crippen LogP contribution in [0.3, 0.4) is 0 Å². The molecule has 0 radical (unpaired) electrons. The highest BCUT2D eigenvalue weighted by Crippen LogP contribution is 2.49. The monoisotopic (exact) mass is 614 g/mol. The van der Waals surface area contributed by atoms with Gasteiger partial charge in [-0.05, 0) is 63.0 Å². The van der Waals surface area contributed by atoms with Crippen LogP contribution in [0, 0.1) is 0 Å². The van der Waals surface area contributed by atoms with E-state index in [4.69, 9.17) is 14.4 Å². The molecule has 226 valence electrons. The van der Waals surface area contributed by atoms with Crippen LogP contribution in [0.25, 0.3) is 88.5 Å². The summed E-state index contributed by atoms with van der Waals surface area (Å²) < 4.78 is 6.36. The lowest BCUT2D eigenvalue weighted by molar-refractivity contribution is 0.660. The molecule has 0 saturated heterocycles. The lowest BCUT2D eigenvalue weighted by atomic mass is 9.82. The smallest absolute Gasteiger partial charge is 0.160 e. The summed E-state index contributed by atoms with van der Waals surface area (Å²) in [5.41, 5.74) is 13.4. The largest absolute Gasteiger partial charge is 0.455 e. The number of hydrogen-bond acceptors (Lipinski definition) is 3. The van der Waals surface area contributed by atoms with Crippen LogP contribution in [0.4, 0.5) is 0 Å². The third-order valence-electron chi connectivity index (χ3n) is 10.3. The van der Waals surface area contributed by atoms with Crippen LogP contribution in [0.1, 0.15) is 25.0 Å². The van der Waals surface area contributed by atoms with Gasteiger partial charge in [0.15, 0.2) is 5.82 Å². The van der Waals surface area contributed by atoms with E-state index in [1.165, 1.54) is 33.2 Å². The Labute approximate surface area is 278 Å². The van der Waals surface area contributed by atoms with Crippen LogP contribution in [-0.4, -0.2) is 9.97 Å². The molecule has 10 rings (SSSR count). The first-order valence-electron chi connectivity index (χ1n) is 16.5. The molecule has 0 N–H and O–H groups in total. The van der Waals surface area contributed by atoms with Crippen LogP contribution >= 0.6 is 0 Å². The molecule has 0 amide bonds. The Morgan fingerprint density at radius 3 is 2.00 bits per heavy atom. The number of para-hydroxylation sites is 2. The lowest BCUT2D eigenvalue weighted by Crippen LogP contribution is -2.15. The van der Waals surface area contributed by atoms with E-state index in [-0.39, 0.29) is 5.41 Å². The fraction of sp³-hybridized carbons (Fsp3) is 0.0667. The second-order valence-corrected chi connectivity index (χ2v) is 13.4. The van der Waals surface area contributed by atoms with E-state index in [0.29, 0.717) is 0 Å². The third kappa shape index (κ3) is 3.88. The van der Waals surface area contributed by atoms with Gasteiger partial charge in [-0.1, -0.05) is 135 Å². The minimum Gasteiger partial charge on any atom is -0.455 e. The molecule has 7 aromatic carbocycles. The van der Waals surface area contributed by atoms with Gasteiger partial charge in [-0.3, -0.25) is 0 Å². The summed E-state index contributed by atoms with van der Waals surface area (Å²) in [5, 5.41) is 5.63. The highest BCUT2D eigenvalue weighted by Gasteiger charge is 2.35. The number of hydrogen-bond donors (Lipinski definition) is 0. The van der Waals surface area contributed by atoms with E-state index in [1.54, 1.807) is 0 Å². The first-order valence-corrected chi connectivity index (χ1v) is 16.5. The zero-order valence-corrected chi connectivity index (χ0v) is 26.7. The van der Waals surface area contributed by atoms with E-state index < -0.39 is 0 Å². The van der Waals surface area contributed by atoms with Crippen molar-refractivity contribution in [2.24, 2.45) is 0 Å². The summed E-state index contributed by atoms with van der Waals surface area (Å²) in [6, 6.07) is 51.7. The van der Waals surface area contributed by atoms with Crippen molar-refractivity contribution in [1.29, 1.82) is 0 Å². The summed E-state index contributed by atoms with van der Waals surface area (Å²) in [4.78, 5) is 10.3. The van der Waals surface area contributed by atoms with E-state index in [1.807, 2.05) is 18.2 Å². The Balaban J connectivity index is 1.08. The van der Waals surface area contributed by atoms with Gasteiger partial charge in [-0.2, -0.15) is 0 Å². The van der Waals surface area contributed by atoms with Crippen molar-refractivity contribution in [2.45, 2.75) is 19.3 Å². The van der Waals surface area contributed by atoms with Crippen LogP contribution in [0.2, 0.25) is 0 Å². The fourth-order valence-electron chi connectivity index (χ4n) is 7.87. The average molecular weight is 615 g/mol. The van der Waals surface area contributed by atoms with Crippen molar-refractivity contribution in [2.75, 3.05) is 0 Å². The minimum absolute atomic E-state index is 0.0881. The van der Waals surface area contributed by atoms with E-state index >= 15 is 0 Å². The first kappa shape index (κ1) is 27.1. The maximum atomic E-state index is 6.36. The SMILES string of the molecule is CC1(C)c2ccccc2-c2ccc(-c3nc(-c4ccc(-c5cccc6c5ccc5c7ccccc7oc65)cc4)c4ccccc4n3)cc21. The summed E-state index contributed by atoms with van der Waals surface area (Å²) in [5.74, 6) is 0.742. The average Bonchev–Trinajstić information content (AvgIpc) is 3.63. The molecule has 3 heteroatoms. The molecule has 0 atom stereocenters.